The summed E-state index contributed by atoms with van der Waals surface area (Å²) in [6, 6.07) is 5.86. The van der Waals surface area contributed by atoms with Gasteiger partial charge in [0.1, 0.15) is 0 Å². The second-order valence-corrected chi connectivity index (χ2v) is 8.60. The van der Waals surface area contributed by atoms with Crippen LogP contribution in [0, 0.1) is 49.4 Å². The van der Waals surface area contributed by atoms with Gasteiger partial charge in [0.2, 0.25) is 17.7 Å². The molecule has 3 fully saturated rings. The number of hydrogen-bond acceptors (Lipinski definition) is 3. The van der Waals surface area contributed by atoms with Gasteiger partial charge in [0, 0.05) is 18.7 Å². The number of nitrogens with one attached hydrogen (secondary N) is 1. The van der Waals surface area contributed by atoms with Crippen molar-refractivity contribution in [3.05, 3.63) is 41.5 Å². The Morgan fingerprint density at radius 2 is 1.70 bits per heavy atom. The summed E-state index contributed by atoms with van der Waals surface area (Å²) in [5.41, 5.74) is 2.92. The summed E-state index contributed by atoms with van der Waals surface area (Å²) in [6.07, 6.45) is 5.64. The molecule has 1 aliphatic heterocycles. The van der Waals surface area contributed by atoms with E-state index in [1.54, 1.807) is 0 Å². The first-order valence-electron chi connectivity index (χ1n) is 9.86. The molecule has 6 rings (SSSR count). The van der Waals surface area contributed by atoms with Gasteiger partial charge in [-0.2, -0.15) is 0 Å². The number of benzene rings is 1. The van der Waals surface area contributed by atoms with Crippen molar-refractivity contribution in [2.45, 2.75) is 26.7 Å². The topological polar surface area (TPSA) is 66.5 Å². The van der Waals surface area contributed by atoms with Gasteiger partial charge in [0.15, 0.2) is 0 Å². The Labute approximate surface area is 158 Å². The van der Waals surface area contributed by atoms with Crippen LogP contribution >= 0.6 is 0 Å². The number of imide groups is 1. The van der Waals surface area contributed by atoms with E-state index in [0.717, 1.165) is 23.2 Å². The molecule has 27 heavy (non-hydrogen) atoms. The SMILES string of the molecule is Cc1ccc(NC(=O)CCN2C(=O)C3C4C=CC(C5CC45)C3C2=O)c(C)c1. The van der Waals surface area contributed by atoms with Crippen LogP contribution in [0.15, 0.2) is 30.4 Å². The van der Waals surface area contributed by atoms with Crippen molar-refractivity contribution in [2.24, 2.45) is 35.5 Å². The van der Waals surface area contributed by atoms with E-state index in [9.17, 15) is 14.4 Å². The maximum Gasteiger partial charge on any atom is 0.233 e. The molecule has 2 bridgehead atoms. The minimum Gasteiger partial charge on any atom is -0.326 e. The number of hydrogen-bond donors (Lipinski definition) is 1. The first-order valence-corrected chi connectivity index (χ1v) is 9.86. The molecule has 0 spiro atoms. The van der Waals surface area contributed by atoms with Gasteiger partial charge in [0.25, 0.3) is 0 Å². The highest BCUT2D eigenvalue weighted by Gasteiger charge is 2.66. The molecule has 5 heteroatoms. The fourth-order valence-electron chi connectivity index (χ4n) is 5.62. The van der Waals surface area contributed by atoms with Gasteiger partial charge >= 0.3 is 0 Å². The molecular weight excluding hydrogens is 340 g/mol. The number of rotatable bonds is 4. The van der Waals surface area contributed by atoms with E-state index in [4.69, 9.17) is 0 Å². The Balaban J connectivity index is 1.25. The molecular formula is C22H24N2O3. The summed E-state index contributed by atoms with van der Waals surface area (Å²) in [5, 5.41) is 2.90. The fourth-order valence-corrected chi connectivity index (χ4v) is 5.62. The molecule has 3 amide bonds. The molecule has 6 atom stereocenters. The highest BCUT2D eigenvalue weighted by atomic mass is 16.2. The maximum atomic E-state index is 12.9. The third-order valence-electron chi connectivity index (χ3n) is 6.97. The van der Waals surface area contributed by atoms with Crippen LogP contribution in [-0.4, -0.2) is 29.2 Å². The van der Waals surface area contributed by atoms with E-state index in [0.29, 0.717) is 11.8 Å². The van der Waals surface area contributed by atoms with E-state index < -0.39 is 0 Å². The monoisotopic (exact) mass is 364 g/mol. The molecule has 5 nitrogen and oxygen atoms in total. The second-order valence-electron chi connectivity index (χ2n) is 8.60. The highest BCUT2D eigenvalue weighted by Crippen LogP contribution is 2.65. The van der Waals surface area contributed by atoms with Gasteiger partial charge < -0.3 is 5.32 Å². The molecule has 2 saturated carbocycles. The Morgan fingerprint density at radius 3 is 2.30 bits per heavy atom. The summed E-state index contributed by atoms with van der Waals surface area (Å²) in [6.45, 7) is 4.14. The number of anilines is 1. The lowest BCUT2D eigenvalue weighted by molar-refractivity contribution is -0.140. The van der Waals surface area contributed by atoms with Crippen LogP contribution < -0.4 is 5.32 Å². The number of carbonyl (C=O) groups excluding carboxylic acids is 3. The Kier molecular flexibility index (Phi) is 3.58. The largest absolute Gasteiger partial charge is 0.326 e. The van der Waals surface area contributed by atoms with E-state index in [2.05, 4.69) is 17.5 Å². The molecule has 1 aromatic rings. The second kappa shape index (κ2) is 5.78. The zero-order valence-corrected chi connectivity index (χ0v) is 15.6. The number of likely N-dealkylation sites (tertiary alicyclic amines) is 1. The van der Waals surface area contributed by atoms with Crippen molar-refractivity contribution in [3.63, 3.8) is 0 Å². The molecule has 1 N–H and O–H groups in total. The van der Waals surface area contributed by atoms with E-state index in [-0.39, 0.29) is 54.4 Å². The van der Waals surface area contributed by atoms with Crippen molar-refractivity contribution < 1.29 is 14.4 Å². The molecule has 1 saturated heterocycles. The van der Waals surface area contributed by atoms with E-state index >= 15 is 0 Å². The van der Waals surface area contributed by atoms with Crippen LogP contribution in [0.1, 0.15) is 24.0 Å². The van der Waals surface area contributed by atoms with Crippen LogP contribution in [0.4, 0.5) is 5.69 Å². The van der Waals surface area contributed by atoms with Crippen molar-refractivity contribution in [3.8, 4) is 0 Å². The number of aryl methyl sites for hydroxylation is 2. The van der Waals surface area contributed by atoms with Gasteiger partial charge in [-0.1, -0.05) is 29.8 Å². The molecule has 1 aromatic carbocycles. The van der Waals surface area contributed by atoms with Crippen molar-refractivity contribution in [1.29, 1.82) is 0 Å². The number of allylic oxidation sites excluding steroid dienone is 2. The molecule has 5 aliphatic rings. The first-order chi connectivity index (χ1) is 13.0. The summed E-state index contributed by atoms with van der Waals surface area (Å²) in [5.74, 6) is 1.02. The quantitative estimate of drug-likeness (QED) is 0.660. The summed E-state index contributed by atoms with van der Waals surface area (Å²) < 4.78 is 0. The highest BCUT2D eigenvalue weighted by molar-refractivity contribution is 6.06. The normalized spacial score (nSPS) is 35.3. The number of nitrogens with zero attached hydrogens (tertiary/aromatic N) is 1. The zero-order valence-electron chi connectivity index (χ0n) is 15.6. The maximum absolute atomic E-state index is 12.9. The minimum atomic E-state index is -0.182. The van der Waals surface area contributed by atoms with Crippen LogP contribution in [0.2, 0.25) is 0 Å². The van der Waals surface area contributed by atoms with E-state index in [1.165, 1.54) is 4.90 Å². The van der Waals surface area contributed by atoms with Crippen LogP contribution in [0.25, 0.3) is 0 Å². The molecule has 140 valence electrons. The van der Waals surface area contributed by atoms with Crippen molar-refractivity contribution in [1.82, 2.24) is 4.90 Å². The zero-order chi connectivity index (χ0) is 18.9. The summed E-state index contributed by atoms with van der Waals surface area (Å²) in [7, 11) is 0. The molecule has 0 aromatic heterocycles. The van der Waals surface area contributed by atoms with E-state index in [1.807, 2.05) is 32.0 Å². The third kappa shape index (κ3) is 2.47. The van der Waals surface area contributed by atoms with Crippen molar-refractivity contribution >= 4 is 23.4 Å². The molecule has 6 unspecified atom stereocenters. The average molecular weight is 364 g/mol. The lowest BCUT2D eigenvalue weighted by Crippen LogP contribution is -2.40. The number of amides is 3. The minimum absolute atomic E-state index is 0.0611. The van der Waals surface area contributed by atoms with Gasteiger partial charge in [0.05, 0.1) is 11.8 Å². The standard InChI is InChI=1S/C22H24N2O3/c1-11-3-6-17(12(2)9-11)23-18(25)7-8-24-21(26)19-13-4-5-14(16-10-15(13)16)20(19)22(24)27/h3-6,9,13-16,19-20H,7-8,10H2,1-2H3,(H,23,25). The van der Waals surface area contributed by atoms with Gasteiger partial charge in [-0.05, 0) is 55.6 Å². The smallest absolute Gasteiger partial charge is 0.233 e. The van der Waals surface area contributed by atoms with Crippen LogP contribution in [0.5, 0.6) is 0 Å². The van der Waals surface area contributed by atoms with Crippen LogP contribution in [0.3, 0.4) is 0 Å². The molecule has 1 heterocycles. The Bertz CT molecular complexity index is 854. The summed E-state index contributed by atoms with van der Waals surface area (Å²) >= 11 is 0. The Morgan fingerprint density at radius 1 is 1.07 bits per heavy atom. The molecule has 0 radical (unpaired) electrons. The first kappa shape index (κ1) is 16.7. The van der Waals surface area contributed by atoms with Crippen LogP contribution in [-0.2, 0) is 14.4 Å². The average Bonchev–Trinajstić information content (AvgIpc) is 3.41. The lowest BCUT2D eigenvalue weighted by Gasteiger charge is -2.37. The molecule has 4 aliphatic carbocycles. The predicted octanol–water partition coefficient (Wildman–Crippen LogP) is 2.69. The lowest BCUT2D eigenvalue weighted by atomic mass is 9.63. The third-order valence-corrected chi connectivity index (χ3v) is 6.97. The predicted molar refractivity (Wildman–Crippen MR) is 101 cm³/mol. The fraction of sp³-hybridized carbons (Fsp3) is 0.500. The summed E-state index contributed by atoms with van der Waals surface area (Å²) in [4.78, 5) is 39.5. The van der Waals surface area contributed by atoms with Gasteiger partial charge in [-0.25, -0.2) is 0 Å². The van der Waals surface area contributed by atoms with Gasteiger partial charge in [-0.15, -0.1) is 0 Å². The van der Waals surface area contributed by atoms with Gasteiger partial charge in [-0.3, -0.25) is 19.3 Å². The Hall–Kier alpha value is -2.43. The number of carbonyl (C=O) groups is 3. The van der Waals surface area contributed by atoms with Crippen molar-refractivity contribution in [2.75, 3.05) is 11.9 Å².